The summed E-state index contributed by atoms with van der Waals surface area (Å²) in [6, 6.07) is 11.0. The Balaban J connectivity index is 1.42. The van der Waals surface area contributed by atoms with E-state index in [9.17, 15) is 4.79 Å². The van der Waals surface area contributed by atoms with Crippen LogP contribution in [0.4, 0.5) is 0 Å². The summed E-state index contributed by atoms with van der Waals surface area (Å²) in [7, 11) is 2.09. The van der Waals surface area contributed by atoms with Crippen molar-refractivity contribution in [1.29, 1.82) is 0 Å². The number of carbonyl (C=O) groups is 1. The zero-order chi connectivity index (χ0) is 17.2. The second-order valence-corrected chi connectivity index (χ2v) is 7.67. The van der Waals surface area contributed by atoms with Gasteiger partial charge in [-0.1, -0.05) is 36.8 Å². The lowest BCUT2D eigenvalue weighted by Gasteiger charge is -2.36. The van der Waals surface area contributed by atoms with Gasteiger partial charge in [0.2, 0.25) is 5.91 Å². The standard InChI is InChI=1S/C20H29N3O2/c1-21-10-6-5-9-17(21)20(24)23-14-18-19(15-23)25-12-11-22(18)13-16-7-3-2-4-8-16/h2-4,7-8,17-19H,5-6,9-15H2,1H3/t17-,18+,19-/m1/s1. The number of fused-ring (bicyclic) bond motifs is 1. The third-order valence-corrected chi connectivity index (χ3v) is 6.01. The zero-order valence-electron chi connectivity index (χ0n) is 15.1. The lowest BCUT2D eigenvalue weighted by atomic mass is 10.0. The van der Waals surface area contributed by atoms with Gasteiger partial charge in [0.15, 0.2) is 0 Å². The first-order valence-corrected chi connectivity index (χ1v) is 9.61. The van der Waals surface area contributed by atoms with Gasteiger partial charge < -0.3 is 9.64 Å². The van der Waals surface area contributed by atoms with Crippen LogP contribution in [0.3, 0.4) is 0 Å². The molecule has 3 aliphatic heterocycles. The molecule has 3 atom stereocenters. The number of likely N-dealkylation sites (N-methyl/N-ethyl adjacent to an activating group) is 1. The number of nitrogens with zero attached hydrogens (tertiary/aromatic N) is 3. The second kappa shape index (κ2) is 7.44. The summed E-state index contributed by atoms with van der Waals surface area (Å²) >= 11 is 0. The Bertz CT molecular complexity index is 594. The van der Waals surface area contributed by atoms with Crippen LogP contribution in [0.25, 0.3) is 0 Å². The molecule has 0 bridgehead atoms. The maximum atomic E-state index is 13.0. The van der Waals surface area contributed by atoms with Crippen molar-refractivity contribution >= 4 is 5.91 Å². The van der Waals surface area contributed by atoms with E-state index < -0.39 is 0 Å². The van der Waals surface area contributed by atoms with Gasteiger partial charge in [0, 0.05) is 26.2 Å². The molecule has 1 aromatic rings. The van der Waals surface area contributed by atoms with E-state index in [0.29, 0.717) is 11.9 Å². The van der Waals surface area contributed by atoms with Crippen molar-refractivity contribution in [2.75, 3.05) is 39.8 Å². The Hall–Kier alpha value is -1.43. The van der Waals surface area contributed by atoms with Crippen LogP contribution in [0.15, 0.2) is 30.3 Å². The largest absolute Gasteiger partial charge is 0.373 e. The molecule has 1 amide bonds. The van der Waals surface area contributed by atoms with Gasteiger partial charge in [-0.2, -0.15) is 0 Å². The van der Waals surface area contributed by atoms with E-state index in [0.717, 1.165) is 52.2 Å². The number of hydrogen-bond acceptors (Lipinski definition) is 4. The minimum absolute atomic E-state index is 0.0662. The maximum Gasteiger partial charge on any atom is 0.240 e. The molecular formula is C20H29N3O2. The number of hydrogen-bond donors (Lipinski definition) is 0. The molecule has 1 aromatic carbocycles. The number of amides is 1. The fourth-order valence-electron chi connectivity index (χ4n) is 4.55. The van der Waals surface area contributed by atoms with Crippen LogP contribution in [0, 0.1) is 0 Å². The maximum absolute atomic E-state index is 13.0. The SMILES string of the molecule is CN1CCCC[C@@H]1C(=O)N1C[C@H]2OCCN(Cc3ccccc3)[C@H]2C1. The number of ether oxygens (including phenoxy) is 1. The fourth-order valence-corrected chi connectivity index (χ4v) is 4.55. The molecule has 3 heterocycles. The molecule has 4 rings (SSSR count). The molecule has 0 aliphatic carbocycles. The van der Waals surface area contributed by atoms with Crippen molar-refractivity contribution < 1.29 is 9.53 Å². The van der Waals surface area contributed by atoms with E-state index >= 15 is 0 Å². The lowest BCUT2D eigenvalue weighted by molar-refractivity contribution is -0.137. The monoisotopic (exact) mass is 343 g/mol. The molecule has 5 heteroatoms. The highest BCUT2D eigenvalue weighted by molar-refractivity contribution is 5.82. The Morgan fingerprint density at radius 1 is 1.16 bits per heavy atom. The van der Waals surface area contributed by atoms with Crippen molar-refractivity contribution in [3.8, 4) is 0 Å². The first-order valence-electron chi connectivity index (χ1n) is 9.61. The summed E-state index contributed by atoms with van der Waals surface area (Å²) in [5.41, 5.74) is 1.33. The van der Waals surface area contributed by atoms with Crippen LogP contribution in [-0.2, 0) is 16.1 Å². The van der Waals surface area contributed by atoms with Crippen molar-refractivity contribution in [3.63, 3.8) is 0 Å². The zero-order valence-corrected chi connectivity index (χ0v) is 15.1. The smallest absolute Gasteiger partial charge is 0.240 e. The van der Waals surface area contributed by atoms with Gasteiger partial charge in [-0.15, -0.1) is 0 Å². The van der Waals surface area contributed by atoms with E-state index in [1.165, 1.54) is 12.0 Å². The predicted molar refractivity (Wildman–Crippen MR) is 97.2 cm³/mol. The predicted octanol–water partition coefficient (Wildman–Crippen LogP) is 1.58. The topological polar surface area (TPSA) is 36.0 Å². The van der Waals surface area contributed by atoms with Crippen LogP contribution in [0.2, 0.25) is 0 Å². The molecule has 25 heavy (non-hydrogen) atoms. The molecule has 0 saturated carbocycles. The normalized spacial score (nSPS) is 31.1. The van der Waals surface area contributed by atoms with Gasteiger partial charge in [-0.3, -0.25) is 14.6 Å². The van der Waals surface area contributed by atoms with E-state index in [1.54, 1.807) is 0 Å². The van der Waals surface area contributed by atoms with E-state index in [1.807, 2.05) is 0 Å². The van der Waals surface area contributed by atoms with Crippen LogP contribution < -0.4 is 0 Å². The molecule has 0 N–H and O–H groups in total. The number of piperidine rings is 1. The average Bonchev–Trinajstić information content (AvgIpc) is 3.08. The Labute approximate surface area is 150 Å². The van der Waals surface area contributed by atoms with Crippen LogP contribution in [-0.4, -0.2) is 78.6 Å². The molecule has 3 fully saturated rings. The summed E-state index contributed by atoms with van der Waals surface area (Å²) in [4.78, 5) is 19.8. The van der Waals surface area contributed by atoms with Gasteiger partial charge in [-0.25, -0.2) is 0 Å². The van der Waals surface area contributed by atoms with Crippen LogP contribution in [0.1, 0.15) is 24.8 Å². The first-order chi connectivity index (χ1) is 12.2. The summed E-state index contributed by atoms with van der Waals surface area (Å²) < 4.78 is 6.02. The van der Waals surface area contributed by atoms with Crippen LogP contribution in [0.5, 0.6) is 0 Å². The average molecular weight is 343 g/mol. The third kappa shape index (κ3) is 3.59. The highest BCUT2D eigenvalue weighted by atomic mass is 16.5. The van der Waals surface area contributed by atoms with Gasteiger partial charge in [-0.05, 0) is 32.0 Å². The van der Waals surface area contributed by atoms with Crippen molar-refractivity contribution in [1.82, 2.24) is 14.7 Å². The van der Waals surface area contributed by atoms with Gasteiger partial charge in [0.05, 0.1) is 24.8 Å². The minimum atomic E-state index is 0.0662. The van der Waals surface area contributed by atoms with Crippen LogP contribution >= 0.6 is 0 Å². The quantitative estimate of drug-likeness (QED) is 0.835. The molecule has 0 spiro atoms. The highest BCUT2D eigenvalue weighted by Gasteiger charge is 2.43. The molecule has 0 radical (unpaired) electrons. The van der Waals surface area contributed by atoms with Crippen molar-refractivity contribution in [2.45, 2.75) is 44.0 Å². The summed E-state index contributed by atoms with van der Waals surface area (Å²) in [6.45, 7) is 5.24. The number of rotatable bonds is 3. The van der Waals surface area contributed by atoms with Gasteiger partial charge in [0.1, 0.15) is 0 Å². The van der Waals surface area contributed by atoms with Gasteiger partial charge >= 0.3 is 0 Å². The molecule has 0 unspecified atom stereocenters. The molecule has 0 aromatic heterocycles. The van der Waals surface area contributed by atoms with Crippen molar-refractivity contribution in [2.24, 2.45) is 0 Å². The summed E-state index contributed by atoms with van der Waals surface area (Å²) in [5.74, 6) is 0.305. The molecule has 136 valence electrons. The summed E-state index contributed by atoms with van der Waals surface area (Å²) in [5, 5.41) is 0. The van der Waals surface area contributed by atoms with Crippen molar-refractivity contribution in [3.05, 3.63) is 35.9 Å². The number of benzene rings is 1. The fraction of sp³-hybridized carbons (Fsp3) is 0.650. The Kier molecular flexibility index (Phi) is 5.06. The molecule has 3 aliphatic rings. The lowest BCUT2D eigenvalue weighted by Crippen LogP contribution is -2.50. The highest BCUT2D eigenvalue weighted by Crippen LogP contribution is 2.27. The second-order valence-electron chi connectivity index (χ2n) is 7.67. The molecular weight excluding hydrogens is 314 g/mol. The van der Waals surface area contributed by atoms with E-state index in [-0.39, 0.29) is 12.1 Å². The Morgan fingerprint density at radius 3 is 2.80 bits per heavy atom. The first kappa shape index (κ1) is 17.0. The number of carbonyl (C=O) groups excluding carboxylic acids is 1. The minimum Gasteiger partial charge on any atom is -0.373 e. The third-order valence-electron chi connectivity index (χ3n) is 6.01. The van der Waals surface area contributed by atoms with E-state index in [4.69, 9.17) is 4.74 Å². The molecule has 5 nitrogen and oxygen atoms in total. The Morgan fingerprint density at radius 2 is 2.00 bits per heavy atom. The number of morpholine rings is 1. The van der Waals surface area contributed by atoms with E-state index in [2.05, 4.69) is 52.1 Å². The summed E-state index contributed by atoms with van der Waals surface area (Å²) in [6.07, 6.45) is 3.53. The number of likely N-dealkylation sites (tertiary alicyclic amines) is 2. The molecule has 3 saturated heterocycles. The van der Waals surface area contributed by atoms with Gasteiger partial charge in [0.25, 0.3) is 0 Å².